The largest absolute Gasteiger partial charge is 0.482 e. The predicted octanol–water partition coefficient (Wildman–Crippen LogP) is 3.51. The summed E-state index contributed by atoms with van der Waals surface area (Å²) < 4.78 is 31.2. The van der Waals surface area contributed by atoms with Gasteiger partial charge in [0.15, 0.2) is 6.61 Å². The third kappa shape index (κ3) is 4.17. The van der Waals surface area contributed by atoms with Gasteiger partial charge in [0.25, 0.3) is 5.91 Å². The maximum Gasteiger partial charge on any atom is 0.262 e. The molecule has 0 fully saturated rings. The van der Waals surface area contributed by atoms with Crippen molar-refractivity contribution in [3.8, 4) is 11.8 Å². The number of nitrogens with one attached hydrogen (secondary N) is 1. The van der Waals surface area contributed by atoms with Crippen molar-refractivity contribution in [3.63, 3.8) is 0 Å². The summed E-state index contributed by atoms with van der Waals surface area (Å²) in [4.78, 5) is 11.7. The van der Waals surface area contributed by atoms with Crippen molar-refractivity contribution < 1.29 is 18.3 Å². The summed E-state index contributed by atoms with van der Waals surface area (Å²) in [5.41, 5.74) is 0.342. The molecule has 1 amide bonds. The molecule has 22 heavy (non-hydrogen) atoms. The SMILES string of the molecule is N#Cc1ccc(OCC(=O)Nc2cc(F)cc(F)c2)c(Cl)c1. The lowest BCUT2D eigenvalue weighted by molar-refractivity contribution is -0.118. The summed E-state index contributed by atoms with van der Waals surface area (Å²) in [5, 5.41) is 11.2. The highest BCUT2D eigenvalue weighted by atomic mass is 35.5. The summed E-state index contributed by atoms with van der Waals surface area (Å²) in [7, 11) is 0. The molecule has 0 radical (unpaired) electrons. The minimum Gasteiger partial charge on any atom is -0.482 e. The molecule has 0 aliphatic rings. The van der Waals surface area contributed by atoms with Crippen molar-refractivity contribution in [1.29, 1.82) is 5.26 Å². The average molecular weight is 323 g/mol. The van der Waals surface area contributed by atoms with E-state index in [2.05, 4.69) is 5.32 Å². The van der Waals surface area contributed by atoms with Crippen LogP contribution in [0.4, 0.5) is 14.5 Å². The second-order valence-corrected chi connectivity index (χ2v) is 4.66. The van der Waals surface area contributed by atoms with E-state index in [1.165, 1.54) is 18.2 Å². The van der Waals surface area contributed by atoms with Gasteiger partial charge in [-0.2, -0.15) is 5.26 Å². The molecule has 2 aromatic rings. The van der Waals surface area contributed by atoms with E-state index in [9.17, 15) is 13.6 Å². The molecule has 112 valence electrons. The summed E-state index contributed by atoms with van der Waals surface area (Å²) in [5.74, 6) is -1.98. The predicted molar refractivity (Wildman–Crippen MR) is 76.6 cm³/mol. The molecule has 7 heteroatoms. The van der Waals surface area contributed by atoms with Crippen LogP contribution in [0.15, 0.2) is 36.4 Å². The van der Waals surface area contributed by atoms with E-state index >= 15 is 0 Å². The van der Waals surface area contributed by atoms with Crippen LogP contribution < -0.4 is 10.1 Å². The number of nitriles is 1. The first kappa shape index (κ1) is 15.7. The van der Waals surface area contributed by atoms with Gasteiger partial charge in [0.1, 0.15) is 17.4 Å². The number of amides is 1. The fourth-order valence-corrected chi connectivity index (χ4v) is 1.89. The highest BCUT2D eigenvalue weighted by molar-refractivity contribution is 6.32. The van der Waals surface area contributed by atoms with E-state index in [4.69, 9.17) is 21.6 Å². The molecule has 1 N–H and O–H groups in total. The normalized spacial score (nSPS) is 9.91. The van der Waals surface area contributed by atoms with Crippen LogP contribution in [0.1, 0.15) is 5.56 Å². The van der Waals surface area contributed by atoms with Crippen molar-refractivity contribution in [2.45, 2.75) is 0 Å². The molecule has 0 atom stereocenters. The van der Waals surface area contributed by atoms with E-state index in [-0.39, 0.29) is 16.5 Å². The average Bonchev–Trinajstić information content (AvgIpc) is 2.44. The van der Waals surface area contributed by atoms with Crippen LogP contribution in [0.2, 0.25) is 5.02 Å². The third-order valence-electron chi connectivity index (χ3n) is 2.57. The number of carbonyl (C=O) groups is 1. The fourth-order valence-electron chi connectivity index (χ4n) is 1.65. The fraction of sp³-hybridized carbons (Fsp3) is 0.0667. The number of ether oxygens (including phenoxy) is 1. The molecule has 0 aliphatic heterocycles. The van der Waals surface area contributed by atoms with Crippen molar-refractivity contribution in [2.24, 2.45) is 0 Å². The van der Waals surface area contributed by atoms with E-state index in [1.54, 1.807) is 0 Å². The molecule has 0 saturated heterocycles. The molecule has 0 spiro atoms. The topological polar surface area (TPSA) is 62.1 Å². The van der Waals surface area contributed by atoms with Crippen LogP contribution in [-0.4, -0.2) is 12.5 Å². The highest BCUT2D eigenvalue weighted by Gasteiger charge is 2.08. The standard InChI is InChI=1S/C15H9ClF2N2O2/c16-13-3-9(7-19)1-2-14(13)22-8-15(21)20-12-5-10(17)4-11(18)6-12/h1-6H,8H2,(H,20,21). The Kier molecular flexibility index (Phi) is 4.92. The molecule has 0 heterocycles. The minimum absolute atomic E-state index is 0.0166. The number of benzene rings is 2. The summed E-state index contributed by atoms with van der Waals surface area (Å²) in [6, 6.07) is 8.91. The Morgan fingerprint density at radius 1 is 1.23 bits per heavy atom. The van der Waals surface area contributed by atoms with Gasteiger partial charge >= 0.3 is 0 Å². The van der Waals surface area contributed by atoms with Crippen molar-refractivity contribution in [1.82, 2.24) is 0 Å². The lowest BCUT2D eigenvalue weighted by atomic mass is 10.2. The first-order valence-electron chi connectivity index (χ1n) is 6.06. The maximum atomic E-state index is 13.0. The Bertz CT molecular complexity index is 739. The lowest BCUT2D eigenvalue weighted by Gasteiger charge is -2.09. The van der Waals surface area contributed by atoms with Crippen molar-refractivity contribution in [2.75, 3.05) is 11.9 Å². The van der Waals surface area contributed by atoms with Crippen LogP contribution in [0.3, 0.4) is 0 Å². The Morgan fingerprint density at radius 2 is 1.91 bits per heavy atom. The molecule has 0 aliphatic carbocycles. The molecule has 0 aromatic heterocycles. The third-order valence-corrected chi connectivity index (χ3v) is 2.86. The number of anilines is 1. The molecule has 2 rings (SSSR count). The van der Waals surface area contributed by atoms with E-state index in [0.717, 1.165) is 12.1 Å². The Labute approximate surface area is 129 Å². The molecular formula is C15H9ClF2N2O2. The van der Waals surface area contributed by atoms with Crippen LogP contribution in [0.5, 0.6) is 5.75 Å². The Hall–Kier alpha value is -2.65. The highest BCUT2D eigenvalue weighted by Crippen LogP contribution is 2.25. The lowest BCUT2D eigenvalue weighted by Crippen LogP contribution is -2.20. The van der Waals surface area contributed by atoms with E-state index < -0.39 is 24.1 Å². The zero-order valence-corrected chi connectivity index (χ0v) is 11.8. The summed E-state index contributed by atoms with van der Waals surface area (Å²) in [6.45, 7) is -0.399. The number of halogens is 3. The molecule has 4 nitrogen and oxygen atoms in total. The van der Waals surface area contributed by atoms with Gasteiger partial charge in [0.2, 0.25) is 0 Å². The monoisotopic (exact) mass is 322 g/mol. The van der Waals surface area contributed by atoms with Gasteiger partial charge < -0.3 is 10.1 Å². The van der Waals surface area contributed by atoms with Gasteiger partial charge in [-0.25, -0.2) is 8.78 Å². The maximum absolute atomic E-state index is 13.0. The first-order chi connectivity index (χ1) is 10.5. The van der Waals surface area contributed by atoms with E-state index in [0.29, 0.717) is 11.6 Å². The molecular weight excluding hydrogens is 314 g/mol. The zero-order valence-electron chi connectivity index (χ0n) is 11.1. The van der Waals surface area contributed by atoms with Crippen molar-refractivity contribution in [3.05, 3.63) is 58.6 Å². The Balaban J connectivity index is 1.97. The van der Waals surface area contributed by atoms with Gasteiger partial charge in [-0.1, -0.05) is 11.6 Å². The smallest absolute Gasteiger partial charge is 0.262 e. The number of carbonyl (C=O) groups excluding carboxylic acids is 1. The number of hydrogen-bond acceptors (Lipinski definition) is 3. The van der Waals surface area contributed by atoms with Crippen LogP contribution in [-0.2, 0) is 4.79 Å². The quantitative estimate of drug-likeness (QED) is 0.937. The van der Waals surface area contributed by atoms with Crippen LogP contribution in [0.25, 0.3) is 0 Å². The summed E-state index contributed by atoms with van der Waals surface area (Å²) >= 11 is 5.89. The van der Waals surface area contributed by atoms with Crippen molar-refractivity contribution >= 4 is 23.2 Å². The second kappa shape index (κ2) is 6.87. The van der Waals surface area contributed by atoms with Gasteiger partial charge in [0, 0.05) is 11.8 Å². The van der Waals surface area contributed by atoms with E-state index in [1.807, 2.05) is 6.07 Å². The minimum atomic E-state index is -0.800. The molecule has 0 unspecified atom stereocenters. The Morgan fingerprint density at radius 3 is 2.50 bits per heavy atom. The number of hydrogen-bond donors (Lipinski definition) is 1. The van der Waals surface area contributed by atoms with Gasteiger partial charge in [-0.15, -0.1) is 0 Å². The van der Waals surface area contributed by atoms with Gasteiger partial charge in [-0.05, 0) is 30.3 Å². The molecule has 2 aromatic carbocycles. The summed E-state index contributed by atoms with van der Waals surface area (Å²) in [6.07, 6.45) is 0. The number of rotatable bonds is 4. The first-order valence-corrected chi connectivity index (χ1v) is 6.44. The van der Waals surface area contributed by atoms with Crippen LogP contribution >= 0.6 is 11.6 Å². The van der Waals surface area contributed by atoms with Gasteiger partial charge in [0.05, 0.1) is 16.7 Å². The van der Waals surface area contributed by atoms with Crippen LogP contribution in [0, 0.1) is 23.0 Å². The molecule has 0 bridgehead atoms. The zero-order chi connectivity index (χ0) is 16.1. The second-order valence-electron chi connectivity index (χ2n) is 4.25. The molecule has 0 saturated carbocycles. The van der Waals surface area contributed by atoms with Gasteiger partial charge in [-0.3, -0.25) is 4.79 Å². The number of nitrogens with zero attached hydrogens (tertiary/aromatic N) is 1.